The zero-order chi connectivity index (χ0) is 9.54. The minimum Gasteiger partial charge on any atom is -0.484 e. The summed E-state index contributed by atoms with van der Waals surface area (Å²) in [6.45, 7) is 2.19. The van der Waals surface area contributed by atoms with Crippen LogP contribution in [-0.2, 0) is 0 Å². The van der Waals surface area contributed by atoms with E-state index in [9.17, 15) is 0 Å². The largest absolute Gasteiger partial charge is 0.484 e. The summed E-state index contributed by atoms with van der Waals surface area (Å²) >= 11 is 0. The van der Waals surface area contributed by atoms with Crippen molar-refractivity contribution in [2.24, 2.45) is 5.92 Å². The fourth-order valence-electron chi connectivity index (χ4n) is 2.17. The molecule has 1 aliphatic carbocycles. The van der Waals surface area contributed by atoms with Gasteiger partial charge in [0, 0.05) is 17.1 Å². The molecule has 0 radical (unpaired) electrons. The third kappa shape index (κ3) is 0.955. The Morgan fingerprint density at radius 3 is 3.00 bits per heavy atom. The number of rotatable bonds is 0. The molecule has 1 heterocycles. The minimum absolute atomic E-state index is 0.234. The van der Waals surface area contributed by atoms with E-state index in [1.807, 2.05) is 12.1 Å². The molecule has 1 aromatic rings. The van der Waals surface area contributed by atoms with Crippen LogP contribution in [0.4, 0.5) is 0 Å². The van der Waals surface area contributed by atoms with E-state index in [1.165, 1.54) is 11.1 Å². The summed E-state index contributed by atoms with van der Waals surface area (Å²) in [7, 11) is 0. The first-order valence-electron chi connectivity index (χ1n) is 5.01. The lowest BCUT2D eigenvalue weighted by Gasteiger charge is -2.19. The van der Waals surface area contributed by atoms with Gasteiger partial charge in [0.05, 0.1) is 0 Å². The Balaban J connectivity index is 2.15. The van der Waals surface area contributed by atoms with E-state index in [2.05, 4.69) is 37.3 Å². The predicted octanol–water partition coefficient (Wildman–Crippen LogP) is 3.04. The SMILES string of the molecule is CC1C=CC=C2c3ccccc3OC21. The Kier molecular flexibility index (Phi) is 1.54. The molecule has 70 valence electrons. The van der Waals surface area contributed by atoms with Crippen LogP contribution in [0.15, 0.2) is 42.5 Å². The second-order valence-electron chi connectivity index (χ2n) is 3.90. The highest BCUT2D eigenvalue weighted by Gasteiger charge is 2.32. The lowest BCUT2D eigenvalue weighted by Crippen LogP contribution is -2.21. The van der Waals surface area contributed by atoms with Gasteiger partial charge in [-0.05, 0) is 6.07 Å². The molecule has 2 aliphatic rings. The van der Waals surface area contributed by atoms with E-state index in [-0.39, 0.29) is 6.10 Å². The molecule has 1 nitrogen and oxygen atoms in total. The molecular formula is C13H12O. The number of hydrogen-bond donors (Lipinski definition) is 0. The van der Waals surface area contributed by atoms with Gasteiger partial charge in [0.1, 0.15) is 11.9 Å². The Hall–Kier alpha value is -1.50. The molecule has 0 saturated carbocycles. The molecule has 3 rings (SSSR count). The minimum atomic E-state index is 0.234. The maximum absolute atomic E-state index is 5.90. The van der Waals surface area contributed by atoms with E-state index < -0.39 is 0 Å². The van der Waals surface area contributed by atoms with E-state index in [0.717, 1.165) is 5.75 Å². The molecule has 1 aromatic carbocycles. The molecule has 1 aliphatic heterocycles. The Morgan fingerprint density at radius 1 is 1.21 bits per heavy atom. The van der Waals surface area contributed by atoms with Gasteiger partial charge in [0.15, 0.2) is 0 Å². The molecule has 0 N–H and O–H groups in total. The molecule has 0 fully saturated rings. The fourth-order valence-corrected chi connectivity index (χ4v) is 2.17. The van der Waals surface area contributed by atoms with E-state index in [4.69, 9.17) is 4.74 Å². The Labute approximate surface area is 83.7 Å². The average Bonchev–Trinajstić information content (AvgIpc) is 2.59. The fraction of sp³-hybridized carbons (Fsp3) is 0.231. The van der Waals surface area contributed by atoms with Crippen LogP contribution in [-0.4, -0.2) is 6.10 Å². The second-order valence-corrected chi connectivity index (χ2v) is 3.90. The molecule has 0 spiro atoms. The van der Waals surface area contributed by atoms with Crippen LogP contribution in [0.3, 0.4) is 0 Å². The van der Waals surface area contributed by atoms with Crippen LogP contribution in [0, 0.1) is 5.92 Å². The number of para-hydroxylation sites is 1. The zero-order valence-corrected chi connectivity index (χ0v) is 8.10. The Bertz CT molecular complexity index is 429. The first-order chi connectivity index (χ1) is 6.86. The van der Waals surface area contributed by atoms with Gasteiger partial charge < -0.3 is 4.74 Å². The lowest BCUT2D eigenvalue weighted by molar-refractivity contribution is 0.235. The van der Waals surface area contributed by atoms with Crippen molar-refractivity contribution in [1.82, 2.24) is 0 Å². The summed E-state index contributed by atoms with van der Waals surface area (Å²) in [5, 5.41) is 0. The lowest BCUT2D eigenvalue weighted by atomic mass is 9.90. The molecule has 14 heavy (non-hydrogen) atoms. The van der Waals surface area contributed by atoms with Gasteiger partial charge >= 0.3 is 0 Å². The number of ether oxygens (including phenoxy) is 1. The molecular weight excluding hydrogens is 172 g/mol. The number of allylic oxidation sites excluding steroid dienone is 2. The maximum atomic E-state index is 5.90. The van der Waals surface area contributed by atoms with E-state index >= 15 is 0 Å². The molecule has 1 heteroatoms. The van der Waals surface area contributed by atoms with Gasteiger partial charge in [-0.1, -0.05) is 43.4 Å². The van der Waals surface area contributed by atoms with Gasteiger partial charge in [-0.2, -0.15) is 0 Å². The van der Waals surface area contributed by atoms with E-state index in [0.29, 0.717) is 5.92 Å². The van der Waals surface area contributed by atoms with Gasteiger partial charge in [0.2, 0.25) is 0 Å². The van der Waals surface area contributed by atoms with Gasteiger partial charge in [-0.15, -0.1) is 0 Å². The third-order valence-corrected chi connectivity index (χ3v) is 2.93. The number of fused-ring (bicyclic) bond motifs is 3. The molecule has 2 atom stereocenters. The first-order valence-corrected chi connectivity index (χ1v) is 5.01. The third-order valence-electron chi connectivity index (χ3n) is 2.93. The van der Waals surface area contributed by atoms with Crippen LogP contribution in [0.25, 0.3) is 5.57 Å². The normalized spacial score (nSPS) is 27.6. The van der Waals surface area contributed by atoms with Gasteiger partial charge in [-0.3, -0.25) is 0 Å². The van der Waals surface area contributed by atoms with Crippen molar-refractivity contribution < 1.29 is 4.74 Å². The highest BCUT2D eigenvalue weighted by atomic mass is 16.5. The summed E-state index contributed by atoms with van der Waals surface area (Å²) in [6, 6.07) is 8.26. The summed E-state index contributed by atoms with van der Waals surface area (Å²) < 4.78 is 5.90. The van der Waals surface area contributed by atoms with Crippen molar-refractivity contribution in [3.8, 4) is 5.75 Å². The van der Waals surface area contributed by atoms with Crippen LogP contribution >= 0.6 is 0 Å². The summed E-state index contributed by atoms with van der Waals surface area (Å²) in [5.41, 5.74) is 2.59. The topological polar surface area (TPSA) is 9.23 Å². The first kappa shape index (κ1) is 7.86. The van der Waals surface area contributed by atoms with Crippen molar-refractivity contribution >= 4 is 5.57 Å². The molecule has 0 bridgehead atoms. The predicted molar refractivity (Wildman–Crippen MR) is 57.1 cm³/mol. The quantitative estimate of drug-likeness (QED) is 0.602. The molecule has 0 saturated heterocycles. The van der Waals surface area contributed by atoms with Crippen LogP contribution in [0.1, 0.15) is 12.5 Å². The number of benzene rings is 1. The smallest absolute Gasteiger partial charge is 0.130 e. The van der Waals surface area contributed by atoms with Crippen molar-refractivity contribution in [3.63, 3.8) is 0 Å². The van der Waals surface area contributed by atoms with Crippen LogP contribution in [0.2, 0.25) is 0 Å². The second kappa shape index (κ2) is 2.74. The average molecular weight is 184 g/mol. The molecule has 0 amide bonds. The summed E-state index contributed by atoms with van der Waals surface area (Å²) in [4.78, 5) is 0. The summed E-state index contributed by atoms with van der Waals surface area (Å²) in [5.74, 6) is 1.50. The molecule has 2 unspecified atom stereocenters. The molecule has 0 aromatic heterocycles. The van der Waals surface area contributed by atoms with E-state index in [1.54, 1.807) is 0 Å². The van der Waals surface area contributed by atoms with Gasteiger partial charge in [-0.25, -0.2) is 0 Å². The monoisotopic (exact) mass is 184 g/mol. The highest BCUT2D eigenvalue weighted by Crippen LogP contribution is 2.41. The highest BCUT2D eigenvalue weighted by molar-refractivity contribution is 5.79. The standard InChI is InChI=1S/C13H12O/c1-9-5-4-7-11-10-6-2-3-8-12(10)14-13(9)11/h2-9,13H,1H3. The van der Waals surface area contributed by atoms with Crippen molar-refractivity contribution in [1.29, 1.82) is 0 Å². The van der Waals surface area contributed by atoms with Gasteiger partial charge in [0.25, 0.3) is 0 Å². The van der Waals surface area contributed by atoms with Crippen molar-refractivity contribution in [2.75, 3.05) is 0 Å². The summed E-state index contributed by atoms with van der Waals surface area (Å²) in [6.07, 6.45) is 6.72. The maximum Gasteiger partial charge on any atom is 0.130 e. The van der Waals surface area contributed by atoms with Crippen LogP contribution in [0.5, 0.6) is 5.75 Å². The van der Waals surface area contributed by atoms with Crippen molar-refractivity contribution in [2.45, 2.75) is 13.0 Å². The number of hydrogen-bond acceptors (Lipinski definition) is 1. The Morgan fingerprint density at radius 2 is 2.07 bits per heavy atom. The zero-order valence-electron chi connectivity index (χ0n) is 8.10. The van der Waals surface area contributed by atoms with Crippen LogP contribution < -0.4 is 4.74 Å². The van der Waals surface area contributed by atoms with Crippen molar-refractivity contribution in [3.05, 3.63) is 48.1 Å².